The summed E-state index contributed by atoms with van der Waals surface area (Å²) in [5, 5.41) is 37.4. The Labute approximate surface area is 304 Å². The van der Waals surface area contributed by atoms with Gasteiger partial charge in [0.15, 0.2) is 11.4 Å². The third kappa shape index (κ3) is 6.35. The van der Waals surface area contributed by atoms with E-state index in [-0.39, 0.29) is 18.6 Å². The number of carbonyl (C=O) groups is 1. The van der Waals surface area contributed by atoms with E-state index < -0.39 is 5.97 Å². The van der Waals surface area contributed by atoms with E-state index in [0.717, 1.165) is 75.9 Å². The van der Waals surface area contributed by atoms with E-state index in [1.807, 2.05) is 61.7 Å². The van der Waals surface area contributed by atoms with Crippen molar-refractivity contribution in [2.45, 2.75) is 51.3 Å². The van der Waals surface area contributed by atoms with Gasteiger partial charge in [-0.25, -0.2) is 9.97 Å². The van der Waals surface area contributed by atoms with Crippen LogP contribution in [0.25, 0.3) is 44.6 Å². The number of aromatic nitrogens is 3. The number of nitrogens with one attached hydrogen (secondary N) is 2. The molecule has 262 valence electrons. The van der Waals surface area contributed by atoms with Gasteiger partial charge in [-0.1, -0.05) is 35.9 Å². The summed E-state index contributed by atoms with van der Waals surface area (Å²) in [5.74, 6) is 0.101. The number of nitrogens with zero attached hydrogens (tertiary/aromatic N) is 5. The number of oxazole rings is 1. The van der Waals surface area contributed by atoms with Gasteiger partial charge in [-0.3, -0.25) is 14.7 Å². The monoisotopic (exact) mass is 713 g/mol. The minimum Gasteiger partial charge on any atom is -0.481 e. The van der Waals surface area contributed by atoms with Crippen molar-refractivity contribution in [2.75, 3.05) is 25.0 Å². The quantitative estimate of drug-likeness (QED) is 0.113. The number of β-amino-alcohol motifs (C(OH)–C–C–N with tert-alkyl or cyclic N) is 1. The maximum absolute atomic E-state index is 11.1. The van der Waals surface area contributed by atoms with Gasteiger partial charge in [0.2, 0.25) is 5.89 Å². The molecule has 0 spiro atoms. The summed E-state index contributed by atoms with van der Waals surface area (Å²) in [7, 11) is 0. The topological polar surface area (TPSA) is 160 Å². The first kappa shape index (κ1) is 33.7. The number of hydrogen-bond acceptors (Lipinski definition) is 10. The largest absolute Gasteiger partial charge is 0.481 e. The molecule has 12 heteroatoms. The van der Waals surface area contributed by atoms with Crippen LogP contribution in [0.15, 0.2) is 71.4 Å². The first-order valence-corrected chi connectivity index (χ1v) is 17.8. The summed E-state index contributed by atoms with van der Waals surface area (Å²) in [5.41, 5.74) is 9.29. The number of halogens is 1. The zero-order valence-electron chi connectivity index (χ0n) is 28.5. The van der Waals surface area contributed by atoms with Gasteiger partial charge in [0.1, 0.15) is 22.7 Å². The van der Waals surface area contributed by atoms with Gasteiger partial charge in [0.25, 0.3) is 0 Å². The lowest BCUT2D eigenvalue weighted by molar-refractivity contribution is -0.136. The van der Waals surface area contributed by atoms with Gasteiger partial charge >= 0.3 is 5.97 Å². The molecule has 11 nitrogen and oxygen atoms in total. The minimum absolute atomic E-state index is 0.0191. The van der Waals surface area contributed by atoms with Crippen LogP contribution in [0.1, 0.15) is 53.1 Å². The lowest BCUT2D eigenvalue weighted by Crippen LogP contribution is -2.22. The van der Waals surface area contributed by atoms with Crippen molar-refractivity contribution in [1.82, 2.24) is 25.2 Å². The molecule has 1 aliphatic heterocycles. The van der Waals surface area contributed by atoms with E-state index in [4.69, 9.17) is 31.1 Å². The normalized spacial score (nSPS) is 17.1. The zero-order chi connectivity index (χ0) is 35.9. The lowest BCUT2D eigenvalue weighted by atomic mass is 9.97. The fourth-order valence-electron chi connectivity index (χ4n) is 7.54. The Kier molecular flexibility index (Phi) is 9.07. The van der Waals surface area contributed by atoms with Crippen molar-refractivity contribution in [3.8, 4) is 28.7 Å². The molecule has 1 aliphatic carbocycles. The first-order chi connectivity index (χ1) is 25.3. The Hall–Kier alpha value is -5.38. The van der Waals surface area contributed by atoms with Crippen LogP contribution in [0, 0.1) is 18.3 Å². The van der Waals surface area contributed by atoms with Crippen molar-refractivity contribution >= 4 is 51.1 Å². The Balaban J connectivity index is 1.09. The van der Waals surface area contributed by atoms with Crippen molar-refractivity contribution in [2.24, 2.45) is 0 Å². The SMILES string of the molecule is Cc1c(Nc2nccc3cc(CN4CC[C@@H](O)C4)cnc23)cccc1-c1cccc(-c2nc3cc4c(c(C#N)c3o2)CC[C@H]4NCCC(=O)O)c1Cl. The number of carboxylic acids is 1. The van der Waals surface area contributed by atoms with E-state index in [2.05, 4.69) is 32.7 Å². The van der Waals surface area contributed by atoms with Crippen LogP contribution in [-0.4, -0.2) is 61.8 Å². The molecule has 3 aromatic carbocycles. The standard InChI is InChI=1S/C40H36ClN7O4/c1-22-26(4-3-7-32(22)46-39-37-24(10-13-44-39)16-23(19-45-37)20-48-15-12-25(49)21-48)28-5-2-6-29(36(28)41)40-47-34-17-30-27(31(18-42)38(34)52-40)8-9-33(30)43-14-11-35(50)51/h2-7,10,13,16-17,19,25,33,43,49H,8-9,11-12,14-15,20-21H2,1H3,(H,44,46)(H,50,51)/t25-,33-/m1/s1. The number of anilines is 2. The fraction of sp³-hybridized carbons (Fsp3) is 0.275. The molecule has 8 rings (SSSR count). The summed E-state index contributed by atoms with van der Waals surface area (Å²) in [4.78, 5) is 27.5. The summed E-state index contributed by atoms with van der Waals surface area (Å²) in [6, 6.07) is 20.0. The maximum Gasteiger partial charge on any atom is 0.304 e. The molecule has 0 radical (unpaired) electrons. The van der Waals surface area contributed by atoms with E-state index >= 15 is 0 Å². The molecule has 0 unspecified atom stereocenters. The maximum atomic E-state index is 11.1. The highest BCUT2D eigenvalue weighted by Gasteiger charge is 2.29. The van der Waals surface area contributed by atoms with Crippen molar-refractivity contribution < 1.29 is 19.4 Å². The molecule has 4 heterocycles. The van der Waals surface area contributed by atoms with E-state index in [1.54, 1.807) is 6.20 Å². The van der Waals surface area contributed by atoms with Crippen molar-refractivity contribution in [3.63, 3.8) is 0 Å². The third-order valence-corrected chi connectivity index (χ3v) is 10.5. The van der Waals surface area contributed by atoms with Crippen LogP contribution < -0.4 is 10.6 Å². The van der Waals surface area contributed by atoms with Gasteiger partial charge in [-0.15, -0.1) is 0 Å². The molecule has 52 heavy (non-hydrogen) atoms. The van der Waals surface area contributed by atoms with Gasteiger partial charge in [0, 0.05) is 61.3 Å². The molecular weight excluding hydrogens is 678 g/mol. The highest BCUT2D eigenvalue weighted by atomic mass is 35.5. The Bertz CT molecular complexity index is 2400. The third-order valence-electron chi connectivity index (χ3n) is 10.1. The average Bonchev–Trinajstić information content (AvgIpc) is 3.86. The second kappa shape index (κ2) is 14.0. The number of carboxylic acid groups (broad SMARTS) is 1. The Morgan fingerprint density at radius 3 is 2.75 bits per heavy atom. The number of aliphatic hydroxyl groups is 1. The van der Waals surface area contributed by atoms with Crippen LogP contribution >= 0.6 is 11.6 Å². The smallest absolute Gasteiger partial charge is 0.304 e. The number of likely N-dealkylation sites (tertiary alicyclic amines) is 1. The average molecular weight is 714 g/mol. The zero-order valence-corrected chi connectivity index (χ0v) is 29.2. The van der Waals surface area contributed by atoms with Crippen LogP contribution in [0.2, 0.25) is 5.02 Å². The number of rotatable bonds is 10. The fourth-order valence-corrected chi connectivity index (χ4v) is 7.85. The molecular formula is C40H36ClN7O4. The second-order valence-electron chi connectivity index (χ2n) is 13.5. The minimum atomic E-state index is -0.859. The van der Waals surface area contributed by atoms with Gasteiger partial charge in [-0.05, 0) is 84.3 Å². The highest BCUT2D eigenvalue weighted by Crippen LogP contribution is 2.42. The molecule has 0 saturated carbocycles. The molecule has 1 saturated heterocycles. The van der Waals surface area contributed by atoms with Gasteiger partial charge in [-0.2, -0.15) is 5.26 Å². The van der Waals surface area contributed by atoms with E-state index in [1.165, 1.54) is 0 Å². The number of hydrogen-bond donors (Lipinski definition) is 4. The van der Waals surface area contributed by atoms with Crippen LogP contribution in [-0.2, 0) is 17.8 Å². The predicted octanol–water partition coefficient (Wildman–Crippen LogP) is 7.30. The summed E-state index contributed by atoms with van der Waals surface area (Å²) < 4.78 is 6.29. The number of pyridine rings is 2. The van der Waals surface area contributed by atoms with Crippen molar-refractivity contribution in [3.05, 3.63) is 99.8 Å². The van der Waals surface area contributed by atoms with E-state index in [0.29, 0.717) is 58.5 Å². The lowest BCUT2D eigenvalue weighted by Gasteiger charge is -2.17. The van der Waals surface area contributed by atoms with Crippen LogP contribution in [0.3, 0.4) is 0 Å². The molecule has 1 fully saturated rings. The predicted molar refractivity (Wildman–Crippen MR) is 199 cm³/mol. The van der Waals surface area contributed by atoms with E-state index in [9.17, 15) is 15.2 Å². The molecule has 2 aliphatic rings. The molecule has 2 atom stereocenters. The Morgan fingerprint density at radius 1 is 1.12 bits per heavy atom. The molecule has 6 aromatic rings. The molecule has 0 bridgehead atoms. The number of fused-ring (bicyclic) bond motifs is 3. The molecule has 3 aromatic heterocycles. The molecule has 4 N–H and O–H groups in total. The summed E-state index contributed by atoms with van der Waals surface area (Å²) >= 11 is 7.15. The Morgan fingerprint density at radius 2 is 1.94 bits per heavy atom. The van der Waals surface area contributed by atoms with Gasteiger partial charge in [0.05, 0.1) is 23.1 Å². The summed E-state index contributed by atoms with van der Waals surface area (Å²) in [6.45, 7) is 4.67. The first-order valence-electron chi connectivity index (χ1n) is 17.4. The van der Waals surface area contributed by atoms with Crippen LogP contribution in [0.5, 0.6) is 0 Å². The summed E-state index contributed by atoms with van der Waals surface area (Å²) in [6.07, 6.45) is 5.66. The molecule has 0 amide bonds. The second-order valence-corrected chi connectivity index (χ2v) is 13.9. The number of aliphatic carboxylic acids is 1. The van der Waals surface area contributed by atoms with Crippen molar-refractivity contribution in [1.29, 1.82) is 5.26 Å². The number of aliphatic hydroxyl groups excluding tert-OH is 1. The number of benzene rings is 3. The highest BCUT2D eigenvalue weighted by molar-refractivity contribution is 6.36. The number of nitriles is 1. The van der Waals surface area contributed by atoms with Gasteiger partial charge < -0.3 is 25.3 Å². The van der Waals surface area contributed by atoms with Crippen LogP contribution in [0.4, 0.5) is 11.5 Å².